The Hall–Kier alpha value is -1.40. The highest BCUT2D eigenvalue weighted by Gasteiger charge is 2.27. The highest BCUT2D eigenvalue weighted by Crippen LogP contribution is 2.25. The lowest BCUT2D eigenvalue weighted by Gasteiger charge is -2.28. The second-order valence-corrected chi connectivity index (χ2v) is 6.94. The lowest BCUT2D eigenvalue weighted by Crippen LogP contribution is -2.41. The maximum Gasteiger partial charge on any atom is 0.341 e. The molecule has 2 rings (SSSR count). The summed E-state index contributed by atoms with van der Waals surface area (Å²) in [6, 6.07) is 0. The molecule has 0 N–H and O–H groups in total. The fourth-order valence-electron chi connectivity index (χ4n) is 2.62. The zero-order valence-corrected chi connectivity index (χ0v) is 14.3. The summed E-state index contributed by atoms with van der Waals surface area (Å²) >= 11 is 0. The molecule has 0 radical (unpaired) electrons. The SMILES string of the molecule is CC(CN1CCOCC1)OC(=O)c1cn(C)nc1C(C)(C)C. The monoisotopic (exact) mass is 309 g/mol. The topological polar surface area (TPSA) is 56.6 Å². The van der Waals surface area contributed by atoms with Crippen molar-refractivity contribution >= 4 is 5.97 Å². The van der Waals surface area contributed by atoms with Gasteiger partial charge in [-0.1, -0.05) is 20.8 Å². The molecule has 22 heavy (non-hydrogen) atoms. The number of carbonyl (C=O) groups excluding carboxylic acids is 1. The Balaban J connectivity index is 1.99. The van der Waals surface area contributed by atoms with Crippen molar-refractivity contribution < 1.29 is 14.3 Å². The molecule has 124 valence electrons. The van der Waals surface area contributed by atoms with Crippen LogP contribution in [0.3, 0.4) is 0 Å². The Morgan fingerprint density at radius 3 is 2.64 bits per heavy atom. The fourth-order valence-corrected chi connectivity index (χ4v) is 2.62. The number of aromatic nitrogens is 2. The van der Waals surface area contributed by atoms with Gasteiger partial charge in [0.2, 0.25) is 0 Å². The number of nitrogens with zero attached hydrogens (tertiary/aromatic N) is 3. The number of rotatable bonds is 4. The van der Waals surface area contributed by atoms with Crippen molar-refractivity contribution in [1.29, 1.82) is 0 Å². The van der Waals surface area contributed by atoms with E-state index in [9.17, 15) is 4.79 Å². The maximum absolute atomic E-state index is 12.5. The van der Waals surface area contributed by atoms with Crippen LogP contribution in [0.2, 0.25) is 0 Å². The van der Waals surface area contributed by atoms with E-state index in [0.717, 1.165) is 38.5 Å². The van der Waals surface area contributed by atoms with Gasteiger partial charge in [-0.05, 0) is 6.92 Å². The van der Waals surface area contributed by atoms with E-state index in [0.29, 0.717) is 5.56 Å². The van der Waals surface area contributed by atoms with Crippen molar-refractivity contribution in [3.8, 4) is 0 Å². The molecule has 1 aromatic rings. The summed E-state index contributed by atoms with van der Waals surface area (Å²) in [5.74, 6) is -0.293. The molecule has 0 aromatic carbocycles. The number of morpholine rings is 1. The average Bonchev–Trinajstić information content (AvgIpc) is 2.82. The third-order valence-corrected chi connectivity index (χ3v) is 3.69. The van der Waals surface area contributed by atoms with Gasteiger partial charge in [-0.25, -0.2) is 4.79 Å². The highest BCUT2D eigenvalue weighted by atomic mass is 16.5. The molecular formula is C16H27N3O3. The van der Waals surface area contributed by atoms with Gasteiger partial charge < -0.3 is 9.47 Å². The molecule has 1 fully saturated rings. The molecule has 0 aliphatic carbocycles. The first-order valence-electron chi connectivity index (χ1n) is 7.82. The van der Waals surface area contributed by atoms with E-state index < -0.39 is 0 Å². The smallest absolute Gasteiger partial charge is 0.341 e. The van der Waals surface area contributed by atoms with E-state index in [1.54, 1.807) is 10.9 Å². The van der Waals surface area contributed by atoms with E-state index >= 15 is 0 Å². The van der Waals surface area contributed by atoms with Crippen LogP contribution >= 0.6 is 0 Å². The van der Waals surface area contributed by atoms with Gasteiger partial charge in [-0.3, -0.25) is 9.58 Å². The van der Waals surface area contributed by atoms with Gasteiger partial charge in [0.05, 0.1) is 18.9 Å². The summed E-state index contributed by atoms with van der Waals surface area (Å²) in [6.45, 7) is 12.1. The summed E-state index contributed by atoms with van der Waals surface area (Å²) in [5, 5.41) is 4.41. The molecule has 6 nitrogen and oxygen atoms in total. The van der Waals surface area contributed by atoms with Crippen molar-refractivity contribution in [2.45, 2.75) is 39.2 Å². The van der Waals surface area contributed by atoms with Crippen LogP contribution in [0.25, 0.3) is 0 Å². The molecule has 0 saturated carbocycles. The Labute approximate surface area is 132 Å². The van der Waals surface area contributed by atoms with E-state index in [1.165, 1.54) is 0 Å². The first-order chi connectivity index (χ1) is 10.3. The van der Waals surface area contributed by atoms with Crippen LogP contribution < -0.4 is 0 Å². The van der Waals surface area contributed by atoms with Gasteiger partial charge in [0.15, 0.2) is 0 Å². The van der Waals surface area contributed by atoms with Gasteiger partial charge in [0.1, 0.15) is 11.7 Å². The van der Waals surface area contributed by atoms with Crippen LogP contribution in [0.1, 0.15) is 43.7 Å². The number of ether oxygens (including phenoxy) is 2. The van der Waals surface area contributed by atoms with Gasteiger partial charge in [-0.2, -0.15) is 5.10 Å². The molecule has 6 heteroatoms. The van der Waals surface area contributed by atoms with Crippen molar-refractivity contribution in [3.63, 3.8) is 0 Å². The molecule has 1 aromatic heterocycles. The first-order valence-corrected chi connectivity index (χ1v) is 7.82. The Kier molecular flexibility index (Phi) is 5.24. The second-order valence-electron chi connectivity index (χ2n) is 6.94. The number of hydrogen-bond donors (Lipinski definition) is 0. The molecule has 1 aliphatic rings. The van der Waals surface area contributed by atoms with Crippen LogP contribution in [-0.4, -0.2) is 59.6 Å². The Morgan fingerprint density at radius 1 is 1.41 bits per heavy atom. The minimum Gasteiger partial charge on any atom is -0.458 e. The standard InChI is InChI=1S/C16H27N3O3/c1-12(10-19-6-8-21-9-7-19)22-15(20)13-11-18(5)17-14(13)16(2,3)4/h11-12H,6-10H2,1-5H3. The van der Waals surface area contributed by atoms with Gasteiger partial charge >= 0.3 is 5.97 Å². The second kappa shape index (κ2) is 6.79. The van der Waals surface area contributed by atoms with Crippen LogP contribution in [0.15, 0.2) is 6.20 Å². The summed E-state index contributed by atoms with van der Waals surface area (Å²) in [5.41, 5.74) is 1.14. The molecule has 0 bridgehead atoms. The molecule has 1 unspecified atom stereocenters. The van der Waals surface area contributed by atoms with Crippen molar-refractivity contribution in [2.75, 3.05) is 32.8 Å². The predicted molar refractivity (Wildman–Crippen MR) is 84.0 cm³/mol. The molecule has 0 amide bonds. The summed E-state index contributed by atoms with van der Waals surface area (Å²) in [6.07, 6.45) is 1.59. The number of carbonyl (C=O) groups is 1. The first kappa shape index (κ1) is 17.0. The summed E-state index contributed by atoms with van der Waals surface area (Å²) in [7, 11) is 1.82. The van der Waals surface area contributed by atoms with Gasteiger partial charge in [0, 0.05) is 38.3 Å². The van der Waals surface area contributed by atoms with Crippen molar-refractivity contribution in [3.05, 3.63) is 17.5 Å². The minimum absolute atomic E-state index is 0.154. The quantitative estimate of drug-likeness (QED) is 0.791. The lowest BCUT2D eigenvalue weighted by molar-refractivity contribution is 0.000318. The van der Waals surface area contributed by atoms with E-state index in [-0.39, 0.29) is 17.5 Å². The normalized spacial score (nSPS) is 18.2. The van der Waals surface area contributed by atoms with Crippen LogP contribution in [0.5, 0.6) is 0 Å². The highest BCUT2D eigenvalue weighted by molar-refractivity contribution is 5.90. The zero-order chi connectivity index (χ0) is 16.3. The maximum atomic E-state index is 12.5. The Bertz CT molecular complexity index is 513. The minimum atomic E-state index is -0.293. The van der Waals surface area contributed by atoms with Crippen molar-refractivity contribution in [1.82, 2.24) is 14.7 Å². The summed E-state index contributed by atoms with van der Waals surface area (Å²) < 4.78 is 12.6. The zero-order valence-electron chi connectivity index (χ0n) is 14.3. The van der Waals surface area contributed by atoms with E-state index in [2.05, 4.69) is 10.00 Å². The average molecular weight is 309 g/mol. The molecular weight excluding hydrogens is 282 g/mol. The number of aryl methyl sites for hydroxylation is 1. The third kappa shape index (κ3) is 4.30. The number of esters is 1. The van der Waals surface area contributed by atoms with Gasteiger partial charge in [-0.15, -0.1) is 0 Å². The lowest BCUT2D eigenvalue weighted by atomic mass is 9.89. The largest absolute Gasteiger partial charge is 0.458 e. The van der Waals surface area contributed by atoms with Crippen molar-refractivity contribution in [2.24, 2.45) is 7.05 Å². The van der Waals surface area contributed by atoms with Crippen LogP contribution in [-0.2, 0) is 21.9 Å². The molecule has 1 saturated heterocycles. The predicted octanol–water partition coefficient (Wildman–Crippen LogP) is 1.60. The molecule has 0 spiro atoms. The number of hydrogen-bond acceptors (Lipinski definition) is 5. The molecule has 1 atom stereocenters. The van der Waals surface area contributed by atoms with Crippen LogP contribution in [0.4, 0.5) is 0 Å². The van der Waals surface area contributed by atoms with E-state index in [1.807, 2.05) is 34.7 Å². The summed E-state index contributed by atoms with van der Waals surface area (Å²) in [4.78, 5) is 14.7. The van der Waals surface area contributed by atoms with Crippen LogP contribution in [0, 0.1) is 0 Å². The fraction of sp³-hybridized carbons (Fsp3) is 0.750. The molecule has 2 heterocycles. The Morgan fingerprint density at radius 2 is 2.05 bits per heavy atom. The molecule has 1 aliphatic heterocycles. The van der Waals surface area contributed by atoms with Gasteiger partial charge in [0.25, 0.3) is 0 Å². The van der Waals surface area contributed by atoms with E-state index in [4.69, 9.17) is 9.47 Å². The third-order valence-electron chi connectivity index (χ3n) is 3.69.